The summed E-state index contributed by atoms with van der Waals surface area (Å²) < 4.78 is 31.7. The molecule has 1 aromatic carbocycles. The molecular formula is C14H13F2NO3. The highest BCUT2D eigenvalue weighted by Gasteiger charge is 2.17. The third-order valence-electron chi connectivity index (χ3n) is 2.76. The number of carbonyl (C=O) groups excluding carboxylic acids is 1. The van der Waals surface area contributed by atoms with Crippen LogP contribution in [0.15, 0.2) is 41.0 Å². The minimum atomic E-state index is -0.922. The van der Waals surface area contributed by atoms with Gasteiger partial charge in [0, 0.05) is 6.54 Å². The summed E-state index contributed by atoms with van der Waals surface area (Å²) in [4.78, 5) is 11.7. The van der Waals surface area contributed by atoms with E-state index in [2.05, 4.69) is 5.32 Å². The Balaban J connectivity index is 1.90. The van der Waals surface area contributed by atoms with Gasteiger partial charge in [0.1, 0.15) is 29.1 Å². The van der Waals surface area contributed by atoms with E-state index in [-0.39, 0.29) is 13.0 Å². The molecule has 1 aromatic heterocycles. The first-order valence-electron chi connectivity index (χ1n) is 6.03. The van der Waals surface area contributed by atoms with Gasteiger partial charge in [-0.05, 0) is 30.7 Å². The van der Waals surface area contributed by atoms with Gasteiger partial charge >= 0.3 is 0 Å². The Kier molecular flexibility index (Phi) is 4.47. The SMILES string of the molecule is O=C(NCCC(O)c1ccco1)c1c(F)cccc1F. The predicted molar refractivity (Wildman–Crippen MR) is 67.0 cm³/mol. The standard InChI is InChI=1S/C14H13F2NO3/c15-9-3-1-4-10(16)13(9)14(19)17-7-6-11(18)12-5-2-8-20-12/h1-5,8,11,18H,6-7H2,(H,17,19). The van der Waals surface area contributed by atoms with Gasteiger partial charge in [0.15, 0.2) is 0 Å². The van der Waals surface area contributed by atoms with Gasteiger partial charge in [-0.15, -0.1) is 0 Å². The Hall–Kier alpha value is -2.21. The lowest BCUT2D eigenvalue weighted by Crippen LogP contribution is -2.27. The minimum absolute atomic E-state index is 0.0640. The number of carbonyl (C=O) groups is 1. The lowest BCUT2D eigenvalue weighted by molar-refractivity contribution is 0.0928. The molecule has 20 heavy (non-hydrogen) atoms. The Morgan fingerprint density at radius 2 is 1.95 bits per heavy atom. The van der Waals surface area contributed by atoms with Crippen LogP contribution in [0.2, 0.25) is 0 Å². The molecule has 1 amide bonds. The summed E-state index contributed by atoms with van der Waals surface area (Å²) in [5, 5.41) is 12.1. The number of hydrogen-bond acceptors (Lipinski definition) is 3. The van der Waals surface area contributed by atoms with Gasteiger partial charge in [-0.2, -0.15) is 0 Å². The van der Waals surface area contributed by atoms with Crippen molar-refractivity contribution in [3.05, 3.63) is 59.6 Å². The minimum Gasteiger partial charge on any atom is -0.467 e. The lowest BCUT2D eigenvalue weighted by atomic mass is 10.1. The highest BCUT2D eigenvalue weighted by Crippen LogP contribution is 2.16. The molecule has 0 bridgehead atoms. The highest BCUT2D eigenvalue weighted by molar-refractivity contribution is 5.94. The van der Waals surface area contributed by atoms with E-state index in [4.69, 9.17) is 4.42 Å². The van der Waals surface area contributed by atoms with Crippen molar-refractivity contribution in [2.24, 2.45) is 0 Å². The number of rotatable bonds is 5. The summed E-state index contributed by atoms with van der Waals surface area (Å²) in [5.41, 5.74) is -0.625. The van der Waals surface area contributed by atoms with E-state index in [0.29, 0.717) is 5.76 Å². The molecule has 0 fully saturated rings. The molecule has 1 unspecified atom stereocenters. The summed E-state index contributed by atoms with van der Waals surface area (Å²) in [7, 11) is 0. The predicted octanol–water partition coefficient (Wildman–Crippen LogP) is 2.41. The zero-order valence-electron chi connectivity index (χ0n) is 10.5. The second-order valence-electron chi connectivity index (χ2n) is 4.17. The number of amides is 1. The fourth-order valence-electron chi connectivity index (χ4n) is 1.75. The number of furan rings is 1. The number of benzene rings is 1. The number of aliphatic hydroxyl groups excluding tert-OH is 1. The van der Waals surface area contributed by atoms with Crippen molar-refractivity contribution in [2.45, 2.75) is 12.5 Å². The largest absolute Gasteiger partial charge is 0.467 e. The summed E-state index contributed by atoms with van der Waals surface area (Å²) in [6, 6.07) is 6.43. The first kappa shape index (κ1) is 14.2. The maximum absolute atomic E-state index is 13.3. The van der Waals surface area contributed by atoms with Gasteiger partial charge in [-0.3, -0.25) is 4.79 Å². The Morgan fingerprint density at radius 1 is 1.25 bits per heavy atom. The Morgan fingerprint density at radius 3 is 2.55 bits per heavy atom. The monoisotopic (exact) mass is 281 g/mol. The van der Waals surface area contributed by atoms with E-state index in [1.54, 1.807) is 12.1 Å². The van der Waals surface area contributed by atoms with Crippen LogP contribution in [0.1, 0.15) is 28.6 Å². The van der Waals surface area contributed by atoms with Crippen LogP contribution in [0, 0.1) is 11.6 Å². The normalized spacial score (nSPS) is 12.2. The summed E-state index contributed by atoms with van der Waals surface area (Å²) in [6.45, 7) is 0.0640. The van der Waals surface area contributed by atoms with Gasteiger partial charge in [-0.25, -0.2) is 8.78 Å². The van der Waals surface area contributed by atoms with Crippen molar-refractivity contribution in [1.82, 2.24) is 5.32 Å². The van der Waals surface area contributed by atoms with Crippen molar-refractivity contribution in [3.63, 3.8) is 0 Å². The topological polar surface area (TPSA) is 62.5 Å². The molecule has 6 heteroatoms. The molecule has 2 rings (SSSR count). The van der Waals surface area contributed by atoms with Crippen LogP contribution in [-0.2, 0) is 0 Å². The molecule has 2 aromatic rings. The second kappa shape index (κ2) is 6.29. The molecule has 0 spiro atoms. The quantitative estimate of drug-likeness (QED) is 0.884. The van der Waals surface area contributed by atoms with Gasteiger partial charge in [0.25, 0.3) is 5.91 Å². The van der Waals surface area contributed by atoms with Crippen molar-refractivity contribution in [2.75, 3.05) is 6.54 Å². The molecule has 2 N–H and O–H groups in total. The van der Waals surface area contributed by atoms with E-state index < -0.39 is 29.2 Å². The third-order valence-corrected chi connectivity index (χ3v) is 2.76. The van der Waals surface area contributed by atoms with E-state index in [0.717, 1.165) is 12.1 Å². The van der Waals surface area contributed by atoms with Crippen LogP contribution in [0.3, 0.4) is 0 Å². The molecular weight excluding hydrogens is 268 g/mol. The van der Waals surface area contributed by atoms with Gasteiger partial charge in [0.05, 0.1) is 6.26 Å². The van der Waals surface area contributed by atoms with Gasteiger partial charge in [-0.1, -0.05) is 6.07 Å². The van der Waals surface area contributed by atoms with E-state index in [1.807, 2.05) is 0 Å². The van der Waals surface area contributed by atoms with Crippen molar-refractivity contribution < 1.29 is 23.1 Å². The molecule has 1 heterocycles. The summed E-state index contributed by atoms with van der Waals surface area (Å²) in [6.07, 6.45) is 0.719. The molecule has 0 aliphatic carbocycles. The van der Waals surface area contributed by atoms with E-state index in [9.17, 15) is 18.7 Å². The second-order valence-corrected chi connectivity index (χ2v) is 4.17. The number of nitrogens with one attached hydrogen (secondary N) is 1. The number of halogens is 2. The van der Waals surface area contributed by atoms with Crippen LogP contribution < -0.4 is 5.32 Å². The van der Waals surface area contributed by atoms with Crippen LogP contribution in [0.5, 0.6) is 0 Å². The third kappa shape index (κ3) is 3.21. The molecule has 1 atom stereocenters. The zero-order valence-corrected chi connectivity index (χ0v) is 10.5. The van der Waals surface area contributed by atoms with Crippen molar-refractivity contribution in [3.8, 4) is 0 Å². The highest BCUT2D eigenvalue weighted by atomic mass is 19.1. The van der Waals surface area contributed by atoms with Crippen LogP contribution in [0.25, 0.3) is 0 Å². The average Bonchev–Trinajstić information content (AvgIpc) is 2.92. The van der Waals surface area contributed by atoms with E-state index in [1.165, 1.54) is 12.3 Å². The fourth-order valence-corrected chi connectivity index (χ4v) is 1.75. The van der Waals surface area contributed by atoms with Gasteiger partial charge in [0.2, 0.25) is 0 Å². The Bertz CT molecular complexity index is 564. The molecule has 0 aliphatic heterocycles. The number of hydrogen-bond donors (Lipinski definition) is 2. The van der Waals surface area contributed by atoms with E-state index >= 15 is 0 Å². The summed E-state index contributed by atoms with van der Waals surface area (Å²) in [5.74, 6) is -2.33. The smallest absolute Gasteiger partial charge is 0.257 e. The molecule has 0 radical (unpaired) electrons. The molecule has 106 valence electrons. The fraction of sp³-hybridized carbons (Fsp3) is 0.214. The lowest BCUT2D eigenvalue weighted by Gasteiger charge is -2.09. The maximum atomic E-state index is 13.3. The molecule has 0 aliphatic rings. The first-order valence-corrected chi connectivity index (χ1v) is 6.03. The Labute approximate surface area is 114 Å². The maximum Gasteiger partial charge on any atom is 0.257 e. The number of aliphatic hydroxyl groups is 1. The van der Waals surface area contributed by atoms with Crippen LogP contribution in [-0.4, -0.2) is 17.6 Å². The zero-order chi connectivity index (χ0) is 14.5. The van der Waals surface area contributed by atoms with Crippen molar-refractivity contribution in [1.29, 1.82) is 0 Å². The molecule has 4 nitrogen and oxygen atoms in total. The molecule has 0 saturated heterocycles. The summed E-state index contributed by atoms with van der Waals surface area (Å²) >= 11 is 0. The molecule has 0 saturated carbocycles. The first-order chi connectivity index (χ1) is 9.59. The van der Waals surface area contributed by atoms with Crippen LogP contribution >= 0.6 is 0 Å². The average molecular weight is 281 g/mol. The van der Waals surface area contributed by atoms with Crippen molar-refractivity contribution >= 4 is 5.91 Å². The van der Waals surface area contributed by atoms with Gasteiger partial charge < -0.3 is 14.8 Å². The van der Waals surface area contributed by atoms with Crippen LogP contribution in [0.4, 0.5) is 8.78 Å².